The fraction of sp³-hybridized carbons (Fsp3) is 0.0385. The number of rotatable bonds is 6. The van der Waals surface area contributed by atoms with Gasteiger partial charge in [-0.05, 0) is 141 Å². The van der Waals surface area contributed by atoms with Gasteiger partial charge in [0.1, 0.15) is 0 Å². The molecule has 16 aromatic rings. The van der Waals surface area contributed by atoms with Crippen LogP contribution in [0.25, 0.3) is 131 Å². The molecule has 0 atom stereocenters. The lowest BCUT2D eigenvalue weighted by molar-refractivity contribution is 0.0879. The summed E-state index contributed by atoms with van der Waals surface area (Å²) < 4.78 is 6.45. The quantitative estimate of drug-likeness (QED) is 0.147. The molecular formula is C78H45N9O6. The molecule has 0 bridgehead atoms. The molecule has 93 heavy (non-hydrogen) atoms. The molecule has 7 heterocycles. The molecule has 15 heteroatoms. The Hall–Kier alpha value is -12.8. The number of anilines is 3. The van der Waals surface area contributed by atoms with Crippen molar-refractivity contribution in [3.05, 3.63) is 252 Å². The second kappa shape index (κ2) is 18.7. The van der Waals surface area contributed by atoms with E-state index in [9.17, 15) is 0 Å². The molecule has 3 aliphatic heterocycles. The third-order valence-corrected chi connectivity index (χ3v) is 19.6. The van der Waals surface area contributed by atoms with Crippen molar-refractivity contribution in [2.24, 2.45) is 21.1 Å². The van der Waals surface area contributed by atoms with Crippen molar-refractivity contribution < 1.29 is 28.8 Å². The molecule has 0 radical (unpaired) electrons. The summed E-state index contributed by atoms with van der Waals surface area (Å²) in [6, 6.07) is 69.4. The number of fused-ring (bicyclic) bond motifs is 9. The third-order valence-electron chi connectivity index (χ3n) is 19.6. The van der Waals surface area contributed by atoms with Gasteiger partial charge in [0.25, 0.3) is 35.4 Å². The number of aromatic nitrogens is 6. The summed E-state index contributed by atoms with van der Waals surface area (Å²) in [6.45, 7) is 0. The highest BCUT2D eigenvalue weighted by Gasteiger charge is 2.43. The molecule has 0 unspecified atom stereocenters. The van der Waals surface area contributed by atoms with E-state index < -0.39 is 53.3 Å². The van der Waals surface area contributed by atoms with E-state index in [1.165, 1.54) is 0 Å². The van der Waals surface area contributed by atoms with Crippen molar-refractivity contribution in [2.75, 3.05) is 14.7 Å². The molecule has 3 aliphatic rings. The maximum atomic E-state index is 15.5. The minimum atomic E-state index is -0.830. The molecule has 0 saturated carbocycles. The molecule has 0 saturated heterocycles. The summed E-state index contributed by atoms with van der Waals surface area (Å²) >= 11 is 0. The van der Waals surface area contributed by atoms with E-state index in [1.807, 2.05) is 112 Å². The zero-order valence-corrected chi connectivity index (χ0v) is 49.8. The fourth-order valence-electron chi connectivity index (χ4n) is 15.2. The Balaban J connectivity index is 0.757. The molecule has 0 spiro atoms. The Kier molecular flexibility index (Phi) is 10.5. The number of carbonyl (C=O) groups excluding carboxylic acids is 6. The van der Waals surface area contributed by atoms with Crippen molar-refractivity contribution in [1.82, 2.24) is 28.7 Å². The number of nitrogens with zero attached hydrogens (tertiary/aromatic N) is 9. The second-order valence-corrected chi connectivity index (χ2v) is 24.2. The van der Waals surface area contributed by atoms with Gasteiger partial charge in [0, 0.05) is 136 Å². The van der Waals surface area contributed by atoms with Gasteiger partial charge >= 0.3 is 0 Å². The highest BCUT2D eigenvalue weighted by Crippen LogP contribution is 2.45. The highest BCUT2D eigenvalue weighted by molar-refractivity contribution is 6.39. The largest absolute Gasteiger partial charge is 0.344 e. The maximum Gasteiger partial charge on any atom is 0.268 e. The predicted octanol–water partition coefficient (Wildman–Crippen LogP) is 15.7. The van der Waals surface area contributed by atoms with Crippen LogP contribution in [-0.2, 0) is 21.1 Å². The fourth-order valence-corrected chi connectivity index (χ4v) is 15.2. The zero-order valence-electron chi connectivity index (χ0n) is 49.8. The van der Waals surface area contributed by atoms with Crippen LogP contribution in [0.3, 0.4) is 0 Å². The Labute approximate surface area is 526 Å². The van der Waals surface area contributed by atoms with Crippen LogP contribution in [-0.4, -0.2) is 64.1 Å². The van der Waals surface area contributed by atoms with Crippen LogP contribution >= 0.6 is 0 Å². The number of hydrogen-bond donors (Lipinski definition) is 0. The average molecular weight is 1200 g/mol. The van der Waals surface area contributed by atoms with E-state index >= 15 is 28.8 Å². The van der Waals surface area contributed by atoms with Crippen molar-refractivity contribution in [3.63, 3.8) is 0 Å². The summed E-state index contributed by atoms with van der Waals surface area (Å²) in [5.41, 5.74) is 12.2. The molecule has 6 amide bonds. The number of hydrogen-bond acceptors (Lipinski definition) is 9. The average Bonchev–Trinajstić information content (AvgIpc) is 1.41. The number of benzene rings is 12. The van der Waals surface area contributed by atoms with Gasteiger partial charge in [-0.2, -0.15) is 15.0 Å². The third kappa shape index (κ3) is 6.98. The first-order valence-corrected chi connectivity index (χ1v) is 30.4. The van der Waals surface area contributed by atoms with Gasteiger partial charge in [-0.1, -0.05) is 127 Å². The Bertz CT molecular complexity index is 5610. The van der Waals surface area contributed by atoms with E-state index in [1.54, 1.807) is 54.6 Å². The predicted molar refractivity (Wildman–Crippen MR) is 363 cm³/mol. The number of para-hydroxylation sites is 3. The van der Waals surface area contributed by atoms with Gasteiger partial charge in [-0.3, -0.25) is 28.8 Å². The summed E-state index contributed by atoms with van der Waals surface area (Å²) in [7, 11) is 6.10. The Morgan fingerprint density at radius 1 is 0.226 bits per heavy atom. The van der Waals surface area contributed by atoms with Crippen LogP contribution in [0.2, 0.25) is 0 Å². The van der Waals surface area contributed by atoms with Gasteiger partial charge in [0.05, 0.1) is 0 Å². The molecule has 4 aromatic heterocycles. The van der Waals surface area contributed by atoms with Gasteiger partial charge in [0.15, 0.2) is 0 Å². The van der Waals surface area contributed by atoms with E-state index in [-0.39, 0.29) is 33.4 Å². The molecule has 19 rings (SSSR count). The number of amides is 6. The summed E-state index contributed by atoms with van der Waals surface area (Å²) in [5, 5.41) is 9.52. The minimum Gasteiger partial charge on any atom is -0.344 e. The molecule has 0 aliphatic carbocycles. The minimum absolute atomic E-state index is 0.140. The lowest BCUT2D eigenvalue weighted by Gasteiger charge is -2.30. The lowest BCUT2D eigenvalue weighted by Crippen LogP contribution is -2.46. The van der Waals surface area contributed by atoms with Crippen molar-refractivity contribution in [3.8, 4) is 33.4 Å². The Morgan fingerprint density at radius 2 is 0.462 bits per heavy atom. The van der Waals surface area contributed by atoms with Gasteiger partial charge < -0.3 is 13.7 Å². The number of carbonyl (C=O) groups is 6. The SMILES string of the molecule is Cn1c2ccccc2c2cc(-c3ccc4c5c(cccc35)C(=O)N(c3nc(N5C(=O)c6cccc7c(-c8ccc9c(c8)c8ccccc8n9C)ccc(c67)C5=O)nc(N5C(=O)c6cccc7c(-c8ccc9c(c8)c8ccccc8n9C)ccc(c67)C5=O)n3)C4=O)ccc21. The van der Waals surface area contributed by atoms with Crippen molar-refractivity contribution in [2.45, 2.75) is 0 Å². The molecule has 12 aromatic carbocycles. The van der Waals surface area contributed by atoms with Crippen LogP contribution in [0.1, 0.15) is 62.1 Å². The van der Waals surface area contributed by atoms with E-state index in [2.05, 4.69) is 86.5 Å². The molecule has 438 valence electrons. The van der Waals surface area contributed by atoms with E-state index in [0.717, 1.165) is 113 Å². The molecule has 15 nitrogen and oxygen atoms in total. The van der Waals surface area contributed by atoms with Gasteiger partial charge in [-0.15, -0.1) is 0 Å². The smallest absolute Gasteiger partial charge is 0.268 e. The second-order valence-electron chi connectivity index (χ2n) is 24.2. The zero-order chi connectivity index (χ0) is 62.6. The molecule has 0 fully saturated rings. The van der Waals surface area contributed by atoms with Crippen LogP contribution in [0.15, 0.2) is 218 Å². The van der Waals surface area contributed by atoms with E-state index in [0.29, 0.717) is 32.3 Å². The standard InChI is InChI=1S/C78H45N9O6/c1-82-61-22-7-4-13-46(61)58-37-40(25-34-64(58)82)43-28-31-55-67-49(43)16-10-19-52(67)70(88)85(73(55)91)76-79-77(86-71(89)53-20-11-17-50-44(29-32-56(68(50)53)74(86)92)41-26-35-65-59(38-41)47-14-5-8-23-62(47)83(65)2)81-78(80-76)87-72(90)54-21-12-18-51-45(30-33-57(69(51)54)75(87)93)42-27-36-66-60(39-42)48-15-6-9-24-63(48)84(66)3/h4-39H,1-3H3. The first-order chi connectivity index (χ1) is 45.4. The number of imide groups is 3. The van der Waals surface area contributed by atoms with Crippen LogP contribution in [0, 0.1) is 0 Å². The molecule has 0 N–H and O–H groups in total. The normalized spacial score (nSPS) is 14.0. The van der Waals surface area contributed by atoms with Crippen molar-refractivity contribution >= 4 is 151 Å². The van der Waals surface area contributed by atoms with E-state index in [4.69, 9.17) is 15.0 Å². The first-order valence-electron chi connectivity index (χ1n) is 30.4. The Morgan fingerprint density at radius 3 is 0.753 bits per heavy atom. The van der Waals surface area contributed by atoms with Crippen molar-refractivity contribution in [1.29, 1.82) is 0 Å². The lowest BCUT2D eigenvalue weighted by atomic mass is 9.88. The molecular weight excluding hydrogens is 1160 g/mol. The summed E-state index contributed by atoms with van der Waals surface area (Å²) in [4.78, 5) is 109. The summed E-state index contributed by atoms with van der Waals surface area (Å²) in [6.07, 6.45) is 0. The van der Waals surface area contributed by atoms with Gasteiger partial charge in [0.2, 0.25) is 17.8 Å². The van der Waals surface area contributed by atoms with Crippen LogP contribution in [0.5, 0.6) is 0 Å². The monoisotopic (exact) mass is 1200 g/mol. The summed E-state index contributed by atoms with van der Waals surface area (Å²) in [5.74, 6) is -6.88. The van der Waals surface area contributed by atoms with Gasteiger partial charge in [-0.25, -0.2) is 14.7 Å². The number of aryl methyl sites for hydroxylation is 3. The van der Waals surface area contributed by atoms with Crippen LogP contribution in [0.4, 0.5) is 17.8 Å². The van der Waals surface area contributed by atoms with Crippen LogP contribution < -0.4 is 14.7 Å². The topological polar surface area (TPSA) is 166 Å². The first kappa shape index (κ1) is 52.2. The maximum absolute atomic E-state index is 15.5. The highest BCUT2D eigenvalue weighted by atomic mass is 16.2.